The summed E-state index contributed by atoms with van der Waals surface area (Å²) in [6, 6.07) is 7.78. The van der Waals surface area contributed by atoms with Crippen LogP contribution in [0.3, 0.4) is 0 Å². The molecule has 0 radical (unpaired) electrons. The fourth-order valence-electron chi connectivity index (χ4n) is 5.16. The number of fused-ring (bicyclic) bond motifs is 3. The number of piperidine rings is 1. The lowest BCUT2D eigenvalue weighted by Crippen LogP contribution is -2.46. The number of benzene rings is 1. The first-order valence-corrected chi connectivity index (χ1v) is 12.3. The van der Waals surface area contributed by atoms with Crippen LogP contribution in [0.2, 0.25) is 0 Å². The second-order valence-corrected chi connectivity index (χ2v) is 9.74. The molecule has 3 N–H and O–H groups in total. The maximum absolute atomic E-state index is 13.3. The first kappa shape index (κ1) is 23.3. The van der Waals surface area contributed by atoms with E-state index in [4.69, 9.17) is 15.5 Å². The van der Waals surface area contributed by atoms with Crippen molar-refractivity contribution in [3.63, 3.8) is 0 Å². The van der Waals surface area contributed by atoms with E-state index in [1.807, 2.05) is 6.92 Å². The summed E-state index contributed by atoms with van der Waals surface area (Å²) >= 11 is 0. The third-order valence-electron chi connectivity index (χ3n) is 7.09. The summed E-state index contributed by atoms with van der Waals surface area (Å²) in [7, 11) is 0. The molecule has 0 saturated carbocycles. The van der Waals surface area contributed by atoms with Crippen molar-refractivity contribution in [3.8, 4) is 0 Å². The molecule has 3 atom stereocenters. The lowest BCUT2D eigenvalue weighted by Gasteiger charge is -2.38. The first-order valence-electron chi connectivity index (χ1n) is 12.3. The molecule has 1 aromatic carbocycles. The van der Waals surface area contributed by atoms with Gasteiger partial charge in [0.25, 0.3) is 0 Å². The van der Waals surface area contributed by atoms with E-state index in [9.17, 15) is 9.59 Å². The van der Waals surface area contributed by atoms with Gasteiger partial charge in [-0.1, -0.05) is 19.9 Å². The van der Waals surface area contributed by atoms with Gasteiger partial charge >= 0.3 is 11.8 Å². The van der Waals surface area contributed by atoms with E-state index in [0.717, 1.165) is 47.4 Å². The summed E-state index contributed by atoms with van der Waals surface area (Å²) in [5.41, 5.74) is 10.1. The number of aromatic nitrogens is 3. The number of nitrogen functional groups attached to an aromatic ring is 1. The van der Waals surface area contributed by atoms with Gasteiger partial charge in [0, 0.05) is 6.54 Å². The number of imidazole rings is 1. The number of rotatable bonds is 3. The van der Waals surface area contributed by atoms with E-state index < -0.39 is 11.8 Å². The molecule has 2 aliphatic heterocycles. The summed E-state index contributed by atoms with van der Waals surface area (Å²) in [5.74, 6) is 0.461. The third-order valence-corrected chi connectivity index (χ3v) is 7.09. The average Bonchev–Trinajstić information content (AvgIpc) is 3.21. The molecule has 5 rings (SSSR count). The lowest BCUT2D eigenvalue weighted by atomic mass is 9.89. The number of carbonyl (C=O) groups is 2. The van der Waals surface area contributed by atoms with Crippen LogP contribution >= 0.6 is 0 Å². The SMILES string of the molecule is CCc1cc(NC(=O)C(=O)N2CC(C)CCC2c2ccc3c(c2)nc2n3C[C@H](C)OC2)cnc1N. The minimum Gasteiger partial charge on any atom is -0.383 e. The van der Waals surface area contributed by atoms with Gasteiger partial charge in [-0.25, -0.2) is 9.97 Å². The normalized spacial score (nSPS) is 22.1. The summed E-state index contributed by atoms with van der Waals surface area (Å²) in [4.78, 5) is 36.9. The number of nitrogens with two attached hydrogens (primary N) is 1. The van der Waals surface area contributed by atoms with Crippen LogP contribution in [0.15, 0.2) is 30.5 Å². The van der Waals surface area contributed by atoms with Crippen LogP contribution in [0.25, 0.3) is 11.0 Å². The topological polar surface area (TPSA) is 115 Å². The van der Waals surface area contributed by atoms with Crippen LogP contribution in [0, 0.1) is 5.92 Å². The largest absolute Gasteiger partial charge is 0.383 e. The van der Waals surface area contributed by atoms with Crippen molar-refractivity contribution in [3.05, 3.63) is 47.4 Å². The molecule has 1 saturated heterocycles. The highest BCUT2D eigenvalue weighted by Gasteiger charge is 2.34. The number of hydrogen-bond acceptors (Lipinski definition) is 6. The molecule has 9 heteroatoms. The van der Waals surface area contributed by atoms with Crippen molar-refractivity contribution in [2.24, 2.45) is 5.92 Å². The molecular formula is C26H32N6O3. The van der Waals surface area contributed by atoms with Crippen molar-refractivity contribution in [2.75, 3.05) is 17.6 Å². The van der Waals surface area contributed by atoms with Crippen molar-refractivity contribution in [1.82, 2.24) is 19.4 Å². The molecule has 0 aliphatic carbocycles. The second kappa shape index (κ2) is 9.30. The van der Waals surface area contributed by atoms with Crippen molar-refractivity contribution in [2.45, 2.75) is 65.3 Å². The zero-order chi connectivity index (χ0) is 24.7. The number of aryl methyl sites for hydroxylation is 1. The zero-order valence-electron chi connectivity index (χ0n) is 20.5. The van der Waals surface area contributed by atoms with Crippen LogP contribution in [-0.4, -0.2) is 43.9 Å². The fraction of sp³-hybridized carbons (Fsp3) is 0.462. The number of likely N-dealkylation sites (tertiary alicyclic amines) is 1. The van der Waals surface area contributed by atoms with Gasteiger partial charge in [0.1, 0.15) is 18.2 Å². The molecule has 2 aliphatic rings. The Bertz CT molecular complexity index is 1290. The number of anilines is 2. The monoisotopic (exact) mass is 476 g/mol. The van der Waals surface area contributed by atoms with Crippen LogP contribution in [0.4, 0.5) is 11.5 Å². The smallest absolute Gasteiger partial charge is 0.313 e. The molecule has 2 aromatic heterocycles. The van der Waals surface area contributed by atoms with Gasteiger partial charge in [-0.15, -0.1) is 0 Å². The Morgan fingerprint density at radius 3 is 2.83 bits per heavy atom. The van der Waals surface area contributed by atoms with Gasteiger partial charge in [-0.05, 0) is 61.4 Å². The van der Waals surface area contributed by atoms with E-state index >= 15 is 0 Å². The molecule has 2 unspecified atom stereocenters. The summed E-state index contributed by atoms with van der Waals surface area (Å²) in [5, 5.41) is 2.72. The molecular weight excluding hydrogens is 444 g/mol. The maximum atomic E-state index is 13.3. The Balaban J connectivity index is 1.40. The van der Waals surface area contributed by atoms with Crippen LogP contribution < -0.4 is 11.1 Å². The lowest BCUT2D eigenvalue weighted by molar-refractivity contribution is -0.146. The Hall–Kier alpha value is -3.46. The quantitative estimate of drug-likeness (QED) is 0.560. The van der Waals surface area contributed by atoms with Gasteiger partial charge in [0.2, 0.25) is 0 Å². The number of ether oxygens (including phenoxy) is 1. The molecule has 35 heavy (non-hydrogen) atoms. The molecule has 4 heterocycles. The average molecular weight is 477 g/mol. The molecule has 9 nitrogen and oxygen atoms in total. The Morgan fingerprint density at radius 2 is 2.03 bits per heavy atom. The number of nitrogens with zero attached hydrogens (tertiary/aromatic N) is 4. The second-order valence-electron chi connectivity index (χ2n) is 9.74. The van der Waals surface area contributed by atoms with Gasteiger partial charge in [0.05, 0.1) is 41.6 Å². The molecule has 3 aromatic rings. The van der Waals surface area contributed by atoms with Crippen molar-refractivity contribution >= 4 is 34.4 Å². The minimum absolute atomic E-state index is 0.149. The predicted molar refractivity (Wildman–Crippen MR) is 133 cm³/mol. The number of pyridine rings is 1. The molecule has 184 valence electrons. The first-order chi connectivity index (χ1) is 16.8. The highest BCUT2D eigenvalue weighted by molar-refractivity contribution is 6.39. The standard InChI is InChI=1S/C26H32N6O3/c1-4-17-9-19(11-28-24(17)27)29-25(33)26(34)32-12-15(2)5-7-21(32)18-6-8-22-20(10-18)30-23-14-35-16(3)13-31(22)23/h6,8-11,15-16,21H,4-5,7,12-14H2,1-3H3,(H2,27,28)(H,29,33)/t15?,16-,21?/m0/s1. The number of amides is 2. The number of hydrogen-bond donors (Lipinski definition) is 2. The van der Waals surface area contributed by atoms with Crippen LogP contribution in [-0.2, 0) is 33.9 Å². The summed E-state index contributed by atoms with van der Waals surface area (Å²) in [6.07, 6.45) is 4.10. The predicted octanol–water partition coefficient (Wildman–Crippen LogP) is 3.43. The van der Waals surface area contributed by atoms with Gasteiger partial charge in [-0.3, -0.25) is 9.59 Å². The van der Waals surface area contributed by atoms with Crippen molar-refractivity contribution < 1.29 is 14.3 Å². The van der Waals surface area contributed by atoms with Crippen molar-refractivity contribution in [1.29, 1.82) is 0 Å². The summed E-state index contributed by atoms with van der Waals surface area (Å²) < 4.78 is 7.95. The van der Waals surface area contributed by atoms with Crippen LogP contribution in [0.5, 0.6) is 0 Å². The highest BCUT2D eigenvalue weighted by Crippen LogP contribution is 2.35. The molecule has 0 bridgehead atoms. The highest BCUT2D eigenvalue weighted by atomic mass is 16.5. The van der Waals surface area contributed by atoms with E-state index in [1.54, 1.807) is 11.0 Å². The van der Waals surface area contributed by atoms with Gasteiger partial charge in [0.15, 0.2) is 0 Å². The Labute approximate surface area is 204 Å². The summed E-state index contributed by atoms with van der Waals surface area (Å²) in [6.45, 7) is 7.93. The molecule has 1 fully saturated rings. The fourth-order valence-corrected chi connectivity index (χ4v) is 5.16. The number of nitrogens with one attached hydrogen (secondary N) is 1. The number of carbonyl (C=O) groups excluding carboxylic acids is 2. The van der Waals surface area contributed by atoms with Gasteiger partial charge < -0.3 is 25.3 Å². The van der Waals surface area contributed by atoms with E-state index in [1.165, 1.54) is 6.20 Å². The zero-order valence-corrected chi connectivity index (χ0v) is 20.5. The Kier molecular flexibility index (Phi) is 6.19. The Morgan fingerprint density at radius 1 is 1.20 bits per heavy atom. The molecule has 2 amide bonds. The van der Waals surface area contributed by atoms with E-state index in [2.05, 4.69) is 46.9 Å². The maximum Gasteiger partial charge on any atom is 0.313 e. The molecule has 0 spiro atoms. The minimum atomic E-state index is -0.664. The van der Waals surface area contributed by atoms with Crippen LogP contribution in [0.1, 0.15) is 56.6 Å². The third kappa shape index (κ3) is 4.48. The van der Waals surface area contributed by atoms with E-state index in [-0.39, 0.29) is 12.1 Å². The van der Waals surface area contributed by atoms with E-state index in [0.29, 0.717) is 37.0 Å². The van der Waals surface area contributed by atoms with Gasteiger partial charge in [-0.2, -0.15) is 0 Å².